The number of nitrogens with one attached hydrogen (secondary N) is 2. The van der Waals surface area contributed by atoms with Crippen LogP contribution in [-0.2, 0) is 46.5 Å². The van der Waals surface area contributed by atoms with Gasteiger partial charge in [-0.25, -0.2) is 28.0 Å². The van der Waals surface area contributed by atoms with Crippen LogP contribution in [0.25, 0.3) is 0 Å². The zero-order chi connectivity index (χ0) is 51.6. The summed E-state index contributed by atoms with van der Waals surface area (Å²) in [6.07, 6.45) is -0.0280. The number of benzene rings is 4. The average molecular weight is 998 g/mol. The molecule has 6 amide bonds. The number of piperazine rings is 2. The van der Waals surface area contributed by atoms with Crippen LogP contribution in [0.2, 0.25) is 0 Å². The van der Waals surface area contributed by atoms with E-state index in [2.05, 4.69) is 10.6 Å². The lowest BCUT2D eigenvalue weighted by Gasteiger charge is -2.40. The van der Waals surface area contributed by atoms with Crippen molar-refractivity contribution in [1.29, 1.82) is 0 Å². The van der Waals surface area contributed by atoms with Crippen molar-refractivity contribution in [3.8, 4) is 0 Å². The molecular formula is C52H64BF2N6O11. The Morgan fingerprint density at radius 3 is 1.19 bits per heavy atom. The highest BCUT2D eigenvalue weighted by Gasteiger charge is 2.41. The first kappa shape index (κ1) is 57.4. The first-order chi connectivity index (χ1) is 33.8. The van der Waals surface area contributed by atoms with E-state index in [4.69, 9.17) is 23.7 Å². The van der Waals surface area contributed by atoms with Crippen molar-refractivity contribution in [1.82, 2.24) is 19.6 Å². The molecule has 385 valence electrons. The minimum absolute atomic E-state index is 0. The maximum Gasteiger partial charge on any atom is 0.410 e. The van der Waals surface area contributed by atoms with E-state index in [-0.39, 0.29) is 72.3 Å². The number of ether oxygens (including phenoxy) is 5. The molecule has 17 nitrogen and oxygen atoms in total. The first-order valence-electron chi connectivity index (χ1n) is 23.4. The van der Waals surface area contributed by atoms with Gasteiger partial charge in [0.25, 0.3) is 0 Å². The fraction of sp³-hybridized carbons (Fsp3) is 0.423. The molecule has 3 heterocycles. The van der Waals surface area contributed by atoms with Crippen molar-refractivity contribution in [2.24, 2.45) is 0 Å². The molecule has 2 unspecified atom stereocenters. The topological polar surface area (TPSA) is 186 Å². The molecule has 3 fully saturated rings. The van der Waals surface area contributed by atoms with Crippen LogP contribution in [0.5, 0.6) is 0 Å². The van der Waals surface area contributed by atoms with Crippen molar-refractivity contribution >= 4 is 56.0 Å². The lowest BCUT2D eigenvalue weighted by molar-refractivity contribution is -0.123. The third kappa shape index (κ3) is 18.5. The van der Waals surface area contributed by atoms with Gasteiger partial charge in [-0.3, -0.25) is 19.4 Å². The van der Waals surface area contributed by atoms with E-state index >= 15 is 0 Å². The number of halogens is 2. The average Bonchev–Trinajstić information content (AvgIpc) is 3.94. The van der Waals surface area contributed by atoms with Crippen molar-refractivity contribution in [3.63, 3.8) is 0 Å². The standard InChI is InChI=1S/2C24H28FN3O5.C4H8O.B/c2*1-24(2,3)33-22(30)27-13-14-28(23(31)32-16-17-9-5-4-6-10-17)20(15-27)21(29)26-19-12-8-7-11-18(19)25;1-2-4-5-3-1;/h2*4-12,20H,13-16H2,1-3H3,(H,26,29);1-4H2;. The Kier molecular flexibility index (Phi) is 21.8. The molecule has 0 spiro atoms. The Balaban J connectivity index is 0.000000280. The van der Waals surface area contributed by atoms with E-state index in [1.807, 2.05) is 60.7 Å². The second kappa shape index (κ2) is 27.4. The number of carbonyl (C=O) groups is 6. The number of anilines is 2. The smallest absolute Gasteiger partial charge is 0.410 e. The summed E-state index contributed by atoms with van der Waals surface area (Å²) in [6, 6.07) is 27.5. The molecule has 0 bridgehead atoms. The molecule has 7 rings (SSSR count). The first-order valence-corrected chi connectivity index (χ1v) is 23.4. The third-order valence-corrected chi connectivity index (χ3v) is 10.6. The predicted octanol–water partition coefficient (Wildman–Crippen LogP) is 8.46. The lowest BCUT2D eigenvalue weighted by Crippen LogP contribution is -2.61. The molecule has 72 heavy (non-hydrogen) atoms. The van der Waals surface area contributed by atoms with E-state index < -0.39 is 71.1 Å². The number of carbonyl (C=O) groups excluding carboxylic acids is 6. The Bertz CT molecular complexity index is 2240. The molecule has 4 aromatic carbocycles. The summed E-state index contributed by atoms with van der Waals surface area (Å²) in [7, 11) is 0. The zero-order valence-electron chi connectivity index (χ0n) is 41.6. The minimum atomic E-state index is -1.09. The van der Waals surface area contributed by atoms with E-state index in [1.165, 1.54) is 68.8 Å². The van der Waals surface area contributed by atoms with Crippen molar-refractivity contribution in [2.45, 2.75) is 90.9 Å². The van der Waals surface area contributed by atoms with Crippen LogP contribution in [0.3, 0.4) is 0 Å². The predicted molar refractivity (Wildman–Crippen MR) is 266 cm³/mol. The van der Waals surface area contributed by atoms with E-state index in [0.717, 1.165) is 24.3 Å². The van der Waals surface area contributed by atoms with Gasteiger partial charge >= 0.3 is 24.4 Å². The monoisotopic (exact) mass is 997 g/mol. The van der Waals surface area contributed by atoms with Crippen molar-refractivity contribution in [2.75, 3.05) is 63.1 Å². The third-order valence-electron chi connectivity index (χ3n) is 10.6. The van der Waals surface area contributed by atoms with Crippen LogP contribution >= 0.6 is 0 Å². The Morgan fingerprint density at radius 1 is 0.528 bits per heavy atom. The molecule has 3 saturated heterocycles. The van der Waals surface area contributed by atoms with Crippen molar-refractivity contribution in [3.05, 3.63) is 132 Å². The van der Waals surface area contributed by atoms with E-state index in [1.54, 1.807) is 53.7 Å². The largest absolute Gasteiger partial charge is 0.445 e. The van der Waals surface area contributed by atoms with Gasteiger partial charge in [-0.05, 0) is 89.8 Å². The number of rotatable bonds is 8. The highest BCUT2D eigenvalue weighted by Crippen LogP contribution is 2.22. The SMILES string of the molecule is C1CCOC1.CC(C)(C)OC(=O)N1CCN(C(=O)OCc2ccccc2)C(C(=O)Nc2ccccc2F)C1.CC(C)(C)OC(=O)N1CCN(C(=O)OCc2ccccc2)C(C(=O)Nc2ccccc2F)C1.[B]. The summed E-state index contributed by atoms with van der Waals surface area (Å²) in [4.78, 5) is 82.1. The molecule has 0 aromatic heterocycles. The number of para-hydroxylation sites is 2. The number of hydrogen-bond acceptors (Lipinski definition) is 11. The molecule has 3 aliphatic rings. The zero-order valence-corrected chi connectivity index (χ0v) is 41.6. The van der Waals surface area contributed by atoms with Crippen molar-refractivity contribution < 1.29 is 61.2 Å². The molecule has 20 heteroatoms. The second-order valence-corrected chi connectivity index (χ2v) is 18.6. The second-order valence-electron chi connectivity index (χ2n) is 18.6. The van der Waals surface area contributed by atoms with Crippen LogP contribution in [0.15, 0.2) is 109 Å². The van der Waals surface area contributed by atoms with E-state index in [9.17, 15) is 37.5 Å². The van der Waals surface area contributed by atoms with E-state index in [0.29, 0.717) is 0 Å². The Morgan fingerprint density at radius 2 is 0.875 bits per heavy atom. The molecule has 3 radical (unpaired) electrons. The molecule has 0 aliphatic carbocycles. The van der Waals surface area contributed by atoms with Gasteiger partial charge in [0.2, 0.25) is 11.8 Å². The van der Waals surface area contributed by atoms with Gasteiger partial charge in [-0.15, -0.1) is 0 Å². The van der Waals surface area contributed by atoms with Gasteiger partial charge in [0.1, 0.15) is 48.1 Å². The minimum Gasteiger partial charge on any atom is -0.445 e. The Hall–Kier alpha value is -7.22. The summed E-state index contributed by atoms with van der Waals surface area (Å²) in [5.74, 6) is -2.48. The van der Waals surface area contributed by atoms with Gasteiger partial charge in [0.05, 0.1) is 24.5 Å². The fourth-order valence-corrected chi connectivity index (χ4v) is 7.11. The quantitative estimate of drug-likeness (QED) is 0.127. The highest BCUT2D eigenvalue weighted by molar-refractivity contribution is 5.98. The summed E-state index contributed by atoms with van der Waals surface area (Å²) in [5, 5.41) is 5.01. The summed E-state index contributed by atoms with van der Waals surface area (Å²) < 4.78 is 54.7. The molecule has 2 atom stereocenters. The lowest BCUT2D eigenvalue weighted by atomic mass is 10.1. The molecular weight excluding hydrogens is 933 g/mol. The molecule has 2 N–H and O–H groups in total. The van der Waals surface area contributed by atoms with Gasteiger partial charge < -0.3 is 44.1 Å². The molecule has 4 aromatic rings. The summed E-state index contributed by atoms with van der Waals surface area (Å²) in [5.41, 5.74) is 0.127. The normalized spacial score (nSPS) is 16.5. The van der Waals surface area contributed by atoms with Gasteiger partial charge in [0.15, 0.2) is 0 Å². The maximum absolute atomic E-state index is 14.1. The number of hydrogen-bond donors (Lipinski definition) is 2. The van der Waals surface area contributed by atoms with Crippen LogP contribution in [0.1, 0.15) is 65.5 Å². The van der Waals surface area contributed by atoms with Gasteiger partial charge in [0, 0.05) is 47.8 Å². The molecule has 0 saturated carbocycles. The number of amides is 6. The van der Waals surface area contributed by atoms with Crippen LogP contribution < -0.4 is 10.6 Å². The van der Waals surface area contributed by atoms with Gasteiger partial charge in [-0.2, -0.15) is 0 Å². The molecule has 3 aliphatic heterocycles. The Labute approximate surface area is 421 Å². The summed E-state index contributed by atoms with van der Waals surface area (Å²) >= 11 is 0. The van der Waals surface area contributed by atoms with Gasteiger partial charge in [-0.1, -0.05) is 84.9 Å². The van der Waals surface area contributed by atoms with Crippen LogP contribution in [0.4, 0.5) is 39.3 Å². The summed E-state index contributed by atoms with van der Waals surface area (Å²) in [6.45, 7) is 12.7. The number of nitrogens with zero attached hydrogens (tertiary/aromatic N) is 4. The highest BCUT2D eigenvalue weighted by atomic mass is 19.1. The fourth-order valence-electron chi connectivity index (χ4n) is 7.11. The van der Waals surface area contributed by atoms with Crippen LogP contribution in [0, 0.1) is 11.6 Å². The maximum atomic E-state index is 14.1. The van der Waals surface area contributed by atoms with Crippen LogP contribution in [-0.4, -0.2) is 140 Å².